The first kappa shape index (κ1) is 26.2. The van der Waals surface area contributed by atoms with Crippen molar-refractivity contribution in [2.75, 3.05) is 20.3 Å². The van der Waals surface area contributed by atoms with Crippen LogP contribution in [0.4, 0.5) is 4.79 Å². The Morgan fingerprint density at radius 3 is 2.09 bits per heavy atom. The van der Waals surface area contributed by atoms with Gasteiger partial charge in [0.05, 0.1) is 13.0 Å². The summed E-state index contributed by atoms with van der Waals surface area (Å²) in [7, 11) is 1.36. The van der Waals surface area contributed by atoms with E-state index < -0.39 is 30.1 Å². The molecule has 0 fully saturated rings. The number of nitrogens with one attached hydrogen (secondary N) is 2. The van der Waals surface area contributed by atoms with E-state index in [0.29, 0.717) is 6.42 Å². The number of carbonyl (C=O) groups excluding carboxylic acids is 2. The van der Waals surface area contributed by atoms with Gasteiger partial charge in [-0.2, -0.15) is 0 Å². The summed E-state index contributed by atoms with van der Waals surface area (Å²) >= 11 is 0. The number of methoxy groups -OCH3 is 1. The predicted molar refractivity (Wildman–Crippen MR) is 132 cm³/mol. The van der Waals surface area contributed by atoms with E-state index in [1.54, 1.807) is 0 Å². The Labute approximate surface area is 206 Å². The number of fused-ring (bicyclic) bond motifs is 3. The number of benzene rings is 2. The molecule has 0 saturated carbocycles. The van der Waals surface area contributed by atoms with E-state index in [1.807, 2.05) is 57.2 Å². The van der Waals surface area contributed by atoms with Crippen LogP contribution >= 0.6 is 0 Å². The largest absolute Gasteiger partial charge is 0.481 e. The lowest BCUT2D eigenvalue weighted by Gasteiger charge is -2.27. The molecule has 3 N–H and O–H groups in total. The molecule has 0 saturated heterocycles. The third-order valence-corrected chi connectivity index (χ3v) is 5.98. The second-order valence-corrected chi connectivity index (χ2v) is 10.00. The molecule has 8 heteroatoms. The molecule has 35 heavy (non-hydrogen) atoms. The molecule has 0 spiro atoms. The first-order valence-corrected chi connectivity index (χ1v) is 11.7. The quantitative estimate of drug-likeness (QED) is 0.473. The number of carboxylic acids is 1. The third-order valence-electron chi connectivity index (χ3n) is 5.98. The standard InChI is InChI=1S/C27H34N2O6/c1-27(2,3)14-17(13-24(30)31)29-25(32)23(34-4)15-28-26(33)35-16-22-20-11-7-5-9-18(20)19-10-6-8-12-21(19)22/h5-12,17,22-23H,13-16H2,1-4H3,(H,28,33)(H,29,32)(H,30,31). The van der Waals surface area contributed by atoms with E-state index in [1.165, 1.54) is 7.11 Å². The van der Waals surface area contributed by atoms with Gasteiger partial charge in [0.15, 0.2) is 6.10 Å². The maximum Gasteiger partial charge on any atom is 0.407 e. The number of carboxylic acid groups (broad SMARTS) is 1. The molecule has 3 rings (SSSR count). The lowest BCUT2D eigenvalue weighted by Crippen LogP contribution is -2.48. The number of carbonyl (C=O) groups is 3. The van der Waals surface area contributed by atoms with Gasteiger partial charge in [-0.05, 0) is 34.1 Å². The van der Waals surface area contributed by atoms with Crippen LogP contribution in [0.3, 0.4) is 0 Å². The average molecular weight is 483 g/mol. The normalized spacial score (nSPS) is 14.4. The Balaban J connectivity index is 1.55. The molecule has 8 nitrogen and oxygen atoms in total. The van der Waals surface area contributed by atoms with Crippen LogP contribution in [0.2, 0.25) is 0 Å². The summed E-state index contributed by atoms with van der Waals surface area (Å²) in [5, 5.41) is 14.5. The van der Waals surface area contributed by atoms with E-state index in [-0.39, 0.29) is 30.9 Å². The van der Waals surface area contributed by atoms with E-state index in [0.717, 1.165) is 22.3 Å². The summed E-state index contributed by atoms with van der Waals surface area (Å²) in [5.74, 6) is -1.55. The van der Waals surface area contributed by atoms with Crippen molar-refractivity contribution in [2.24, 2.45) is 5.41 Å². The number of rotatable bonds is 10. The Bertz CT molecular complexity index is 1020. The molecule has 0 aliphatic heterocycles. The molecule has 0 heterocycles. The van der Waals surface area contributed by atoms with Crippen molar-refractivity contribution in [1.82, 2.24) is 10.6 Å². The summed E-state index contributed by atoms with van der Waals surface area (Å²) in [5.41, 5.74) is 4.33. The van der Waals surface area contributed by atoms with Gasteiger partial charge in [0, 0.05) is 19.1 Å². The van der Waals surface area contributed by atoms with Gasteiger partial charge >= 0.3 is 12.1 Å². The fourth-order valence-corrected chi connectivity index (χ4v) is 4.53. The van der Waals surface area contributed by atoms with Gasteiger partial charge in [-0.3, -0.25) is 9.59 Å². The number of ether oxygens (including phenoxy) is 2. The maximum atomic E-state index is 12.7. The second kappa shape index (κ2) is 11.4. The summed E-state index contributed by atoms with van der Waals surface area (Å²) in [6.07, 6.45) is -1.34. The molecular formula is C27H34N2O6. The maximum absolute atomic E-state index is 12.7. The fraction of sp³-hybridized carbons (Fsp3) is 0.444. The molecule has 2 amide bonds. The van der Waals surface area contributed by atoms with Gasteiger partial charge in [0.1, 0.15) is 6.61 Å². The van der Waals surface area contributed by atoms with Crippen LogP contribution in [0.15, 0.2) is 48.5 Å². The highest BCUT2D eigenvalue weighted by Gasteiger charge is 2.30. The summed E-state index contributed by atoms with van der Waals surface area (Å²) in [4.78, 5) is 36.3. The first-order chi connectivity index (χ1) is 16.6. The zero-order chi connectivity index (χ0) is 25.6. The topological polar surface area (TPSA) is 114 Å². The van der Waals surface area contributed by atoms with E-state index in [9.17, 15) is 19.5 Å². The third kappa shape index (κ3) is 7.05. The van der Waals surface area contributed by atoms with Crippen molar-refractivity contribution in [3.8, 4) is 11.1 Å². The lowest BCUT2D eigenvalue weighted by molar-refractivity contribution is -0.138. The van der Waals surface area contributed by atoms with Crippen LogP contribution < -0.4 is 10.6 Å². The Morgan fingerprint density at radius 1 is 1.00 bits per heavy atom. The highest BCUT2D eigenvalue weighted by molar-refractivity contribution is 5.83. The molecule has 2 aromatic rings. The van der Waals surface area contributed by atoms with Crippen molar-refractivity contribution in [3.05, 3.63) is 59.7 Å². The molecule has 2 aromatic carbocycles. The van der Waals surface area contributed by atoms with Crippen LogP contribution in [-0.2, 0) is 19.1 Å². The number of amides is 2. The second-order valence-electron chi connectivity index (χ2n) is 10.00. The molecule has 0 bridgehead atoms. The van der Waals surface area contributed by atoms with Gasteiger partial charge in [0.2, 0.25) is 0 Å². The average Bonchev–Trinajstić information content (AvgIpc) is 3.10. The van der Waals surface area contributed by atoms with Crippen LogP contribution in [0.25, 0.3) is 11.1 Å². The van der Waals surface area contributed by atoms with Crippen LogP contribution in [-0.4, -0.2) is 55.5 Å². The number of aliphatic carboxylic acids is 1. The van der Waals surface area contributed by atoms with E-state index >= 15 is 0 Å². The molecule has 1 aliphatic carbocycles. The minimum atomic E-state index is -0.995. The Morgan fingerprint density at radius 2 is 1.57 bits per heavy atom. The summed E-state index contributed by atoms with van der Waals surface area (Å²) < 4.78 is 10.7. The summed E-state index contributed by atoms with van der Waals surface area (Å²) in [6.45, 7) is 5.98. The van der Waals surface area contributed by atoms with Crippen molar-refractivity contribution in [3.63, 3.8) is 0 Å². The first-order valence-electron chi connectivity index (χ1n) is 11.7. The van der Waals surface area contributed by atoms with Gasteiger partial charge in [-0.25, -0.2) is 4.79 Å². The van der Waals surface area contributed by atoms with Crippen LogP contribution in [0.1, 0.15) is 50.7 Å². The lowest BCUT2D eigenvalue weighted by atomic mass is 9.87. The zero-order valence-electron chi connectivity index (χ0n) is 20.7. The molecule has 188 valence electrons. The highest BCUT2D eigenvalue weighted by atomic mass is 16.5. The molecule has 0 aromatic heterocycles. The number of hydrogen-bond acceptors (Lipinski definition) is 5. The summed E-state index contributed by atoms with van der Waals surface area (Å²) in [6, 6.07) is 15.6. The van der Waals surface area contributed by atoms with Gasteiger partial charge in [0.25, 0.3) is 5.91 Å². The number of hydrogen-bond donors (Lipinski definition) is 3. The molecule has 2 atom stereocenters. The van der Waals surface area contributed by atoms with Crippen LogP contribution in [0.5, 0.6) is 0 Å². The molecule has 0 radical (unpaired) electrons. The fourth-order valence-electron chi connectivity index (χ4n) is 4.53. The van der Waals surface area contributed by atoms with Gasteiger partial charge < -0.3 is 25.2 Å². The Hall–Kier alpha value is -3.39. The monoisotopic (exact) mass is 482 g/mol. The zero-order valence-corrected chi connectivity index (χ0v) is 20.7. The molecular weight excluding hydrogens is 448 g/mol. The highest BCUT2D eigenvalue weighted by Crippen LogP contribution is 2.44. The minimum Gasteiger partial charge on any atom is -0.481 e. The smallest absolute Gasteiger partial charge is 0.407 e. The molecule has 2 unspecified atom stereocenters. The Kier molecular flexibility index (Phi) is 8.51. The predicted octanol–water partition coefficient (Wildman–Crippen LogP) is 3.94. The van der Waals surface area contributed by atoms with Gasteiger partial charge in [-0.15, -0.1) is 0 Å². The molecule has 1 aliphatic rings. The number of alkyl carbamates (subject to hydrolysis) is 1. The van der Waals surface area contributed by atoms with Crippen molar-refractivity contribution < 1.29 is 29.0 Å². The van der Waals surface area contributed by atoms with Gasteiger partial charge in [-0.1, -0.05) is 69.3 Å². The van der Waals surface area contributed by atoms with Crippen molar-refractivity contribution in [1.29, 1.82) is 0 Å². The van der Waals surface area contributed by atoms with Crippen molar-refractivity contribution >= 4 is 18.0 Å². The minimum absolute atomic E-state index is 0.0659. The SMILES string of the molecule is COC(CNC(=O)OCC1c2ccccc2-c2ccccc21)C(=O)NC(CC(=O)O)CC(C)(C)C. The van der Waals surface area contributed by atoms with E-state index in [2.05, 4.69) is 22.8 Å². The van der Waals surface area contributed by atoms with Crippen LogP contribution in [0, 0.1) is 5.41 Å². The van der Waals surface area contributed by atoms with Crippen molar-refractivity contribution in [2.45, 2.75) is 51.7 Å². The van der Waals surface area contributed by atoms with E-state index in [4.69, 9.17) is 9.47 Å².